The summed E-state index contributed by atoms with van der Waals surface area (Å²) in [6.07, 6.45) is 25.0. The maximum absolute atomic E-state index is 7.92. The average molecular weight is 580 g/mol. The third-order valence-corrected chi connectivity index (χ3v) is 23.3. The van der Waals surface area contributed by atoms with Gasteiger partial charge in [0.05, 0.1) is 0 Å². The van der Waals surface area contributed by atoms with Gasteiger partial charge in [0.1, 0.15) is 0 Å². The van der Waals surface area contributed by atoms with Crippen LogP contribution >= 0.6 is 34.4 Å². The molecule has 0 N–H and O–H groups in total. The molecule has 0 radical (unpaired) electrons. The van der Waals surface area contributed by atoms with E-state index in [-0.39, 0.29) is 0 Å². The Hall–Kier alpha value is 0.660. The van der Waals surface area contributed by atoms with E-state index in [1.54, 1.807) is 0 Å². The van der Waals surface area contributed by atoms with Gasteiger partial charge in [-0.15, -0.1) is 0 Å². The fourth-order valence-corrected chi connectivity index (χ4v) is 20.3. The molecule has 0 fully saturated rings. The van der Waals surface area contributed by atoms with Crippen LogP contribution in [0, 0.1) is 0 Å². The van der Waals surface area contributed by atoms with Crippen LogP contribution in [0.3, 0.4) is 0 Å². The molecule has 0 atom stereocenters. The van der Waals surface area contributed by atoms with Crippen molar-refractivity contribution in [3.63, 3.8) is 0 Å². The fourth-order valence-electron chi connectivity index (χ4n) is 6.13. The van der Waals surface area contributed by atoms with Crippen molar-refractivity contribution in [1.29, 1.82) is 0 Å². The third kappa shape index (κ3) is 11.4. The van der Waals surface area contributed by atoms with Crippen molar-refractivity contribution in [3.8, 4) is 0 Å². The zero-order chi connectivity index (χ0) is 27.0. The predicted molar refractivity (Wildman–Crippen MR) is 178 cm³/mol. The first kappa shape index (κ1) is 34.7. The van der Waals surface area contributed by atoms with Gasteiger partial charge >= 0.3 is 238 Å². The Kier molecular flexibility index (Phi) is 16.1. The molecule has 1 aromatic carbocycles. The first-order valence-corrected chi connectivity index (χ1v) is 23.4. The van der Waals surface area contributed by atoms with Crippen molar-refractivity contribution < 1.29 is 0 Å². The zero-order valence-corrected chi connectivity index (χ0v) is 28.4. The summed E-state index contributed by atoms with van der Waals surface area (Å²) in [5, 5.41) is 0. The average Bonchev–Trinajstić information content (AvgIpc) is 2.88. The summed E-state index contributed by atoms with van der Waals surface area (Å²) in [5.41, 5.74) is 2.94. The second-order valence-corrected chi connectivity index (χ2v) is 28.6. The van der Waals surface area contributed by atoms with Crippen LogP contribution in [-0.2, 0) is 12.3 Å². The minimum atomic E-state index is -2.27. The van der Waals surface area contributed by atoms with E-state index >= 15 is 0 Å². The summed E-state index contributed by atoms with van der Waals surface area (Å²) in [4.78, 5) is 0. The molecule has 0 unspecified atom stereocenters. The van der Waals surface area contributed by atoms with Crippen molar-refractivity contribution >= 4 is 34.4 Å². The number of halogens is 2. The Morgan fingerprint density at radius 3 is 0.778 bits per heavy atom. The van der Waals surface area contributed by atoms with Gasteiger partial charge in [0.15, 0.2) is 0 Å². The second kappa shape index (κ2) is 16.7. The number of hydrogen-bond acceptors (Lipinski definition) is 0. The van der Waals surface area contributed by atoms with Crippen molar-refractivity contribution in [1.82, 2.24) is 0 Å². The van der Waals surface area contributed by atoms with E-state index in [1.165, 1.54) is 125 Å². The van der Waals surface area contributed by atoms with Gasteiger partial charge in [-0.05, 0) is 0 Å². The topological polar surface area (TPSA) is 0 Å². The van der Waals surface area contributed by atoms with Crippen molar-refractivity contribution in [2.45, 2.75) is 131 Å². The van der Waals surface area contributed by atoms with Crippen molar-refractivity contribution in [3.05, 3.63) is 35.4 Å². The zero-order valence-electron chi connectivity index (χ0n) is 25.1. The number of rotatable bonds is 22. The monoisotopic (exact) mass is 578 g/mol. The second-order valence-electron chi connectivity index (χ2n) is 12.2. The van der Waals surface area contributed by atoms with Gasteiger partial charge in [-0.2, -0.15) is 0 Å². The van der Waals surface area contributed by atoms with Gasteiger partial charge in [0, 0.05) is 0 Å². The maximum atomic E-state index is 7.92. The molecular formula is C32H62Cl2P2. The van der Waals surface area contributed by atoms with E-state index in [1.807, 2.05) is 0 Å². The summed E-state index contributed by atoms with van der Waals surface area (Å²) < 4.78 is 0. The predicted octanol–water partition coefficient (Wildman–Crippen LogP) is 12.9. The Bertz CT molecular complexity index is 605. The van der Waals surface area contributed by atoms with Crippen molar-refractivity contribution in [2.24, 2.45) is 0 Å². The molecule has 1 rings (SSSR count). The molecule has 0 bridgehead atoms. The summed E-state index contributed by atoms with van der Waals surface area (Å²) in [7, 11) is 0. The summed E-state index contributed by atoms with van der Waals surface area (Å²) in [6.45, 7) is 13.9. The molecule has 0 amide bonds. The van der Waals surface area contributed by atoms with Gasteiger partial charge < -0.3 is 0 Å². The standard InChI is InChI=1S/C32H62Cl2P2/c1-7-13-23-35(33,24-14-8-2,25-15-9-3)29-31-19-21-32(22-20-31)30-36(34,26-16-10-4,27-17-11-5)28-18-12-6/h19-22H,7-18,23-30H2,1-6H3. The number of hydrogen-bond donors (Lipinski definition) is 0. The minimum absolute atomic E-state index is 1.12. The summed E-state index contributed by atoms with van der Waals surface area (Å²) in [6, 6.07) is 9.72. The van der Waals surface area contributed by atoms with Gasteiger partial charge in [-0.25, -0.2) is 0 Å². The Labute approximate surface area is 236 Å². The summed E-state index contributed by atoms with van der Waals surface area (Å²) in [5.74, 6) is -4.55. The third-order valence-electron chi connectivity index (χ3n) is 8.60. The van der Waals surface area contributed by atoms with Gasteiger partial charge in [0.2, 0.25) is 0 Å². The SMILES string of the molecule is CCCCP(Cl)(CCCC)(CCCC)Cc1ccc(CP(Cl)(CCCC)(CCCC)CCCC)cc1. The molecule has 1 aromatic rings. The van der Waals surface area contributed by atoms with Crippen LogP contribution in [0.2, 0.25) is 0 Å². The van der Waals surface area contributed by atoms with Crippen LogP contribution in [0.15, 0.2) is 24.3 Å². The van der Waals surface area contributed by atoms with Crippen LogP contribution in [-0.4, -0.2) is 37.0 Å². The Morgan fingerprint density at radius 1 is 0.417 bits per heavy atom. The molecule has 0 nitrogen and oxygen atoms in total. The van der Waals surface area contributed by atoms with Gasteiger partial charge in [0.25, 0.3) is 0 Å². The Balaban J connectivity index is 3.26. The van der Waals surface area contributed by atoms with E-state index in [2.05, 4.69) is 65.8 Å². The first-order chi connectivity index (χ1) is 17.1. The molecule has 0 aromatic heterocycles. The van der Waals surface area contributed by atoms with Crippen LogP contribution in [0.5, 0.6) is 0 Å². The molecule has 0 heterocycles. The molecule has 0 saturated heterocycles. The first-order valence-electron chi connectivity index (χ1n) is 15.6. The van der Waals surface area contributed by atoms with E-state index in [4.69, 9.17) is 22.5 Å². The number of benzene rings is 1. The molecule has 0 aliphatic rings. The Morgan fingerprint density at radius 2 is 0.611 bits per heavy atom. The van der Waals surface area contributed by atoms with Crippen molar-refractivity contribution in [2.75, 3.05) is 37.0 Å². The van der Waals surface area contributed by atoms with Gasteiger partial charge in [-0.3, -0.25) is 0 Å². The molecule has 0 aliphatic heterocycles. The van der Waals surface area contributed by atoms with Crippen LogP contribution in [0.4, 0.5) is 0 Å². The van der Waals surface area contributed by atoms with Crippen LogP contribution in [0.1, 0.15) is 130 Å². The summed E-state index contributed by atoms with van der Waals surface area (Å²) >= 11 is 15.8. The molecule has 4 heteroatoms. The molecule has 0 spiro atoms. The van der Waals surface area contributed by atoms with Crippen LogP contribution in [0.25, 0.3) is 0 Å². The quantitative estimate of drug-likeness (QED) is 0.120. The van der Waals surface area contributed by atoms with E-state index in [0.717, 1.165) is 12.3 Å². The van der Waals surface area contributed by atoms with E-state index in [9.17, 15) is 0 Å². The molecule has 36 heavy (non-hydrogen) atoms. The number of unbranched alkanes of at least 4 members (excludes halogenated alkanes) is 6. The molecular weight excluding hydrogens is 517 g/mol. The molecule has 0 saturated carbocycles. The molecule has 0 aliphatic carbocycles. The normalized spacial score (nSPS) is 14.8. The fraction of sp³-hybridized carbons (Fsp3) is 0.812. The van der Waals surface area contributed by atoms with E-state index in [0.29, 0.717) is 0 Å². The van der Waals surface area contributed by atoms with Gasteiger partial charge in [-0.1, -0.05) is 0 Å². The van der Waals surface area contributed by atoms with E-state index < -0.39 is 11.9 Å². The molecule has 214 valence electrons. The van der Waals surface area contributed by atoms with Crippen LogP contribution < -0.4 is 0 Å².